The van der Waals surface area contributed by atoms with E-state index in [2.05, 4.69) is 41.0 Å². The Morgan fingerprint density at radius 3 is 2.44 bits per heavy atom. The molecule has 0 saturated heterocycles. The van der Waals surface area contributed by atoms with Crippen LogP contribution in [0.25, 0.3) is 0 Å². The van der Waals surface area contributed by atoms with Crippen LogP contribution in [-0.4, -0.2) is 27.1 Å². The number of carbonyl (C=O) groups excluding carboxylic acids is 2. The number of thioether (sulfide) groups is 1. The number of para-hydroxylation sites is 1. The molecule has 0 radical (unpaired) electrons. The largest absolute Gasteiger partial charge is 0.348 e. The number of imidazole rings is 1. The van der Waals surface area contributed by atoms with Crippen LogP contribution in [0.4, 0.5) is 5.69 Å². The van der Waals surface area contributed by atoms with Crippen LogP contribution in [0, 0.1) is 19.8 Å². The molecule has 0 bridgehead atoms. The van der Waals surface area contributed by atoms with Crippen molar-refractivity contribution >= 4 is 29.3 Å². The van der Waals surface area contributed by atoms with Crippen molar-refractivity contribution in [2.45, 2.75) is 45.9 Å². The van der Waals surface area contributed by atoms with Crippen molar-refractivity contribution < 1.29 is 9.59 Å². The van der Waals surface area contributed by atoms with Crippen molar-refractivity contribution in [2.24, 2.45) is 5.92 Å². The SMILES string of the molecule is Cc1nc(SCC(=O)Nc2ccccc2C(=O)NCc2ccccc2)n(CC(C)C)c1C. The van der Waals surface area contributed by atoms with Crippen LogP contribution in [-0.2, 0) is 17.9 Å². The molecule has 7 heteroatoms. The van der Waals surface area contributed by atoms with Crippen molar-refractivity contribution in [2.75, 3.05) is 11.1 Å². The minimum absolute atomic E-state index is 0.173. The fraction of sp³-hybridized carbons (Fsp3) is 0.320. The summed E-state index contributed by atoms with van der Waals surface area (Å²) in [5.74, 6) is 0.300. The van der Waals surface area contributed by atoms with Crippen LogP contribution < -0.4 is 10.6 Å². The van der Waals surface area contributed by atoms with Gasteiger partial charge >= 0.3 is 0 Å². The summed E-state index contributed by atoms with van der Waals surface area (Å²) in [6, 6.07) is 16.8. The highest BCUT2D eigenvalue weighted by Crippen LogP contribution is 2.23. The van der Waals surface area contributed by atoms with Gasteiger partial charge in [-0.25, -0.2) is 4.98 Å². The molecule has 2 aromatic carbocycles. The van der Waals surface area contributed by atoms with Crippen LogP contribution >= 0.6 is 11.8 Å². The fourth-order valence-electron chi connectivity index (χ4n) is 3.29. The smallest absolute Gasteiger partial charge is 0.253 e. The summed E-state index contributed by atoms with van der Waals surface area (Å²) in [7, 11) is 0. The number of rotatable bonds is 9. The normalized spacial score (nSPS) is 10.9. The molecule has 0 aliphatic carbocycles. The Labute approximate surface area is 193 Å². The number of nitrogens with one attached hydrogen (secondary N) is 2. The Kier molecular flexibility index (Phi) is 8.11. The van der Waals surface area contributed by atoms with Gasteiger partial charge in [-0.2, -0.15) is 0 Å². The van der Waals surface area contributed by atoms with E-state index in [1.807, 2.05) is 37.3 Å². The quantitative estimate of drug-likeness (QED) is 0.459. The van der Waals surface area contributed by atoms with Gasteiger partial charge in [0.05, 0.1) is 22.7 Å². The minimum Gasteiger partial charge on any atom is -0.348 e. The first kappa shape index (κ1) is 23.6. The van der Waals surface area contributed by atoms with Crippen molar-refractivity contribution in [3.8, 4) is 0 Å². The van der Waals surface area contributed by atoms with Crippen LogP contribution in [0.15, 0.2) is 59.8 Å². The molecule has 0 saturated carbocycles. The molecule has 6 nitrogen and oxygen atoms in total. The zero-order valence-corrected chi connectivity index (χ0v) is 19.8. The second-order valence-electron chi connectivity index (χ2n) is 8.12. The molecule has 168 valence electrons. The lowest BCUT2D eigenvalue weighted by Gasteiger charge is -2.13. The zero-order chi connectivity index (χ0) is 23.1. The molecule has 0 atom stereocenters. The maximum absolute atomic E-state index is 12.7. The van der Waals surface area contributed by atoms with Crippen LogP contribution in [0.2, 0.25) is 0 Å². The van der Waals surface area contributed by atoms with Gasteiger partial charge in [-0.3, -0.25) is 9.59 Å². The molecule has 0 aliphatic rings. The van der Waals surface area contributed by atoms with Crippen molar-refractivity contribution in [1.82, 2.24) is 14.9 Å². The van der Waals surface area contributed by atoms with E-state index in [0.29, 0.717) is 23.7 Å². The van der Waals surface area contributed by atoms with Gasteiger partial charge < -0.3 is 15.2 Å². The minimum atomic E-state index is -0.226. The summed E-state index contributed by atoms with van der Waals surface area (Å²) in [4.78, 5) is 30.0. The third kappa shape index (κ3) is 6.23. The summed E-state index contributed by atoms with van der Waals surface area (Å²) >= 11 is 1.41. The summed E-state index contributed by atoms with van der Waals surface area (Å²) in [6.45, 7) is 9.65. The van der Waals surface area contributed by atoms with Crippen molar-refractivity contribution in [3.63, 3.8) is 0 Å². The topological polar surface area (TPSA) is 76.0 Å². The predicted octanol–water partition coefficient (Wildman–Crippen LogP) is 4.82. The Morgan fingerprint density at radius 2 is 1.72 bits per heavy atom. The van der Waals surface area contributed by atoms with Gasteiger partial charge in [0, 0.05) is 18.8 Å². The van der Waals surface area contributed by atoms with E-state index in [-0.39, 0.29) is 17.6 Å². The molecule has 0 aliphatic heterocycles. The molecule has 3 rings (SSSR count). The van der Waals surface area contributed by atoms with Gasteiger partial charge in [0.1, 0.15) is 0 Å². The number of anilines is 1. The second-order valence-corrected chi connectivity index (χ2v) is 9.06. The number of hydrogen-bond donors (Lipinski definition) is 2. The summed E-state index contributed by atoms with van der Waals surface area (Å²) in [6.07, 6.45) is 0. The Morgan fingerprint density at radius 1 is 1.03 bits per heavy atom. The molecule has 1 heterocycles. The standard InChI is InChI=1S/C25H30N4O2S/c1-17(2)15-29-19(4)18(3)27-25(29)32-16-23(30)28-22-13-9-8-12-21(22)24(31)26-14-20-10-6-5-7-11-20/h5-13,17H,14-16H2,1-4H3,(H,26,31)(H,28,30). The van der Waals surface area contributed by atoms with E-state index in [1.165, 1.54) is 11.8 Å². The van der Waals surface area contributed by atoms with Gasteiger partial charge in [-0.1, -0.05) is 68.1 Å². The summed E-state index contributed by atoms with van der Waals surface area (Å²) in [5.41, 5.74) is 4.06. The fourth-order valence-corrected chi connectivity index (χ4v) is 4.19. The molecule has 0 unspecified atom stereocenters. The molecular formula is C25H30N4O2S. The first-order chi connectivity index (χ1) is 15.3. The first-order valence-corrected chi connectivity index (χ1v) is 11.7. The number of amides is 2. The summed E-state index contributed by atoms with van der Waals surface area (Å²) in [5, 5.41) is 6.64. The highest BCUT2D eigenvalue weighted by molar-refractivity contribution is 7.99. The highest BCUT2D eigenvalue weighted by atomic mass is 32.2. The van der Waals surface area contributed by atoms with Crippen molar-refractivity contribution in [1.29, 1.82) is 0 Å². The number of aryl methyl sites for hydroxylation is 1. The van der Waals surface area contributed by atoms with Crippen molar-refractivity contribution in [3.05, 3.63) is 77.1 Å². The molecule has 2 amide bonds. The van der Waals surface area contributed by atoms with E-state index in [0.717, 1.165) is 28.7 Å². The highest BCUT2D eigenvalue weighted by Gasteiger charge is 2.16. The third-order valence-electron chi connectivity index (χ3n) is 5.04. The molecule has 32 heavy (non-hydrogen) atoms. The van der Waals surface area contributed by atoms with Crippen LogP contribution in [0.3, 0.4) is 0 Å². The van der Waals surface area contributed by atoms with Crippen LogP contribution in [0.5, 0.6) is 0 Å². The second kappa shape index (κ2) is 11.0. The zero-order valence-electron chi connectivity index (χ0n) is 19.0. The van der Waals surface area contributed by atoms with Gasteiger partial charge in [-0.15, -0.1) is 0 Å². The van der Waals surface area contributed by atoms with E-state index < -0.39 is 0 Å². The predicted molar refractivity (Wildman–Crippen MR) is 130 cm³/mol. The lowest BCUT2D eigenvalue weighted by molar-refractivity contribution is -0.113. The first-order valence-electron chi connectivity index (χ1n) is 10.7. The molecule has 2 N–H and O–H groups in total. The number of carbonyl (C=O) groups is 2. The number of hydrogen-bond acceptors (Lipinski definition) is 4. The Bertz CT molecular complexity index is 1080. The molecule has 0 fully saturated rings. The maximum atomic E-state index is 12.7. The average molecular weight is 451 g/mol. The Hall–Kier alpha value is -3.06. The molecule has 0 spiro atoms. The van der Waals surface area contributed by atoms with E-state index in [9.17, 15) is 9.59 Å². The molecular weight excluding hydrogens is 420 g/mol. The lowest BCUT2D eigenvalue weighted by Crippen LogP contribution is -2.25. The van der Waals surface area contributed by atoms with Gasteiger partial charge in [0.25, 0.3) is 5.91 Å². The Balaban J connectivity index is 1.62. The lowest BCUT2D eigenvalue weighted by atomic mass is 10.1. The molecule has 3 aromatic rings. The van der Waals surface area contributed by atoms with Gasteiger partial charge in [0.2, 0.25) is 5.91 Å². The average Bonchev–Trinajstić information content (AvgIpc) is 3.04. The number of aromatic nitrogens is 2. The van der Waals surface area contributed by atoms with Crippen LogP contribution in [0.1, 0.15) is 41.2 Å². The number of nitrogens with zero attached hydrogens (tertiary/aromatic N) is 2. The van der Waals surface area contributed by atoms with Gasteiger partial charge in [-0.05, 0) is 37.5 Å². The monoisotopic (exact) mass is 450 g/mol. The number of benzene rings is 2. The van der Waals surface area contributed by atoms with Gasteiger partial charge in [0.15, 0.2) is 5.16 Å². The van der Waals surface area contributed by atoms with E-state index in [1.54, 1.807) is 24.3 Å². The van der Waals surface area contributed by atoms with E-state index >= 15 is 0 Å². The van der Waals surface area contributed by atoms with E-state index in [4.69, 9.17) is 0 Å². The third-order valence-corrected chi connectivity index (χ3v) is 6.02. The summed E-state index contributed by atoms with van der Waals surface area (Å²) < 4.78 is 2.17. The maximum Gasteiger partial charge on any atom is 0.253 e. The molecule has 1 aromatic heterocycles.